The van der Waals surface area contributed by atoms with E-state index in [1.807, 2.05) is 18.2 Å². The fraction of sp³-hybridized carbons (Fsp3) is 0.286. The predicted molar refractivity (Wildman–Crippen MR) is 108 cm³/mol. The largest absolute Gasteiger partial charge is 0.484 e. The first-order chi connectivity index (χ1) is 14.5. The molecule has 0 aliphatic carbocycles. The summed E-state index contributed by atoms with van der Waals surface area (Å²) in [6, 6.07) is 14.1. The Morgan fingerprint density at radius 3 is 2.50 bits per heavy atom. The van der Waals surface area contributed by atoms with Gasteiger partial charge >= 0.3 is 6.03 Å². The number of ether oxygens (including phenoxy) is 1. The number of hydrazine groups is 1. The molecule has 0 spiro atoms. The van der Waals surface area contributed by atoms with E-state index in [0.29, 0.717) is 30.8 Å². The summed E-state index contributed by atoms with van der Waals surface area (Å²) in [7, 11) is 0. The molecule has 8 nitrogen and oxygen atoms in total. The molecule has 3 rings (SSSR count). The fourth-order valence-electron chi connectivity index (χ4n) is 3.05. The summed E-state index contributed by atoms with van der Waals surface area (Å²) in [6.07, 6.45) is 1.30. The number of nitrogens with one attached hydrogen (secondary N) is 3. The van der Waals surface area contributed by atoms with Crippen molar-refractivity contribution in [2.45, 2.75) is 12.8 Å². The topological polar surface area (TPSA) is 99.8 Å². The Morgan fingerprint density at radius 1 is 1.03 bits per heavy atom. The third-order valence-corrected chi connectivity index (χ3v) is 4.61. The first kappa shape index (κ1) is 21.1. The molecule has 1 aliphatic rings. The summed E-state index contributed by atoms with van der Waals surface area (Å²) in [6.45, 7) is 0.481. The van der Waals surface area contributed by atoms with Gasteiger partial charge in [0, 0.05) is 18.8 Å². The van der Waals surface area contributed by atoms with Gasteiger partial charge in [0.15, 0.2) is 6.61 Å². The molecule has 0 aromatic heterocycles. The van der Waals surface area contributed by atoms with Gasteiger partial charge in [0.1, 0.15) is 11.6 Å². The van der Waals surface area contributed by atoms with Crippen LogP contribution < -0.4 is 20.9 Å². The second-order valence-corrected chi connectivity index (χ2v) is 6.86. The van der Waals surface area contributed by atoms with Crippen LogP contribution in [-0.4, -0.2) is 42.4 Å². The zero-order valence-corrected chi connectivity index (χ0v) is 16.3. The number of urea groups is 1. The number of hydrogen-bond donors (Lipinski definition) is 3. The summed E-state index contributed by atoms with van der Waals surface area (Å²) in [5.74, 6) is -1.42. The van der Waals surface area contributed by atoms with E-state index in [1.165, 1.54) is 24.3 Å². The lowest BCUT2D eigenvalue weighted by molar-refractivity contribution is -0.132. The van der Waals surface area contributed by atoms with Crippen LogP contribution in [0.25, 0.3) is 0 Å². The highest BCUT2D eigenvalue weighted by molar-refractivity contribution is 5.90. The van der Waals surface area contributed by atoms with Crippen molar-refractivity contribution in [1.82, 2.24) is 15.8 Å². The molecular weight excluding hydrogens is 391 g/mol. The van der Waals surface area contributed by atoms with Crippen molar-refractivity contribution in [3.63, 3.8) is 0 Å². The zero-order valence-electron chi connectivity index (χ0n) is 16.3. The van der Waals surface area contributed by atoms with Crippen LogP contribution in [0.3, 0.4) is 0 Å². The van der Waals surface area contributed by atoms with E-state index in [-0.39, 0.29) is 25.1 Å². The summed E-state index contributed by atoms with van der Waals surface area (Å²) >= 11 is 0. The van der Waals surface area contributed by atoms with Gasteiger partial charge in [-0.05, 0) is 49.2 Å². The molecule has 30 heavy (non-hydrogen) atoms. The van der Waals surface area contributed by atoms with Gasteiger partial charge in [0.05, 0.1) is 5.92 Å². The Morgan fingerprint density at radius 2 is 1.77 bits per heavy atom. The van der Waals surface area contributed by atoms with E-state index >= 15 is 0 Å². The Hall–Kier alpha value is -3.62. The van der Waals surface area contributed by atoms with Crippen LogP contribution >= 0.6 is 0 Å². The number of amides is 4. The minimum absolute atomic E-state index is 0.256. The Bertz CT molecular complexity index is 876. The number of likely N-dealkylation sites (tertiary alicyclic amines) is 1. The van der Waals surface area contributed by atoms with Crippen LogP contribution in [0, 0.1) is 11.7 Å². The highest BCUT2D eigenvalue weighted by Gasteiger charge is 2.28. The number of rotatable bonds is 5. The van der Waals surface area contributed by atoms with Crippen LogP contribution in [0.15, 0.2) is 54.6 Å². The lowest BCUT2D eigenvalue weighted by Crippen LogP contribution is -2.51. The zero-order chi connectivity index (χ0) is 21.3. The van der Waals surface area contributed by atoms with Gasteiger partial charge in [-0.15, -0.1) is 0 Å². The summed E-state index contributed by atoms with van der Waals surface area (Å²) in [5.41, 5.74) is 5.34. The van der Waals surface area contributed by atoms with E-state index in [4.69, 9.17) is 4.74 Å². The Balaban J connectivity index is 1.41. The lowest BCUT2D eigenvalue weighted by atomic mass is 9.98. The number of benzene rings is 2. The summed E-state index contributed by atoms with van der Waals surface area (Å²) < 4.78 is 18.1. The van der Waals surface area contributed by atoms with Crippen molar-refractivity contribution in [3.8, 4) is 5.75 Å². The molecular formula is C21H23FN4O4. The van der Waals surface area contributed by atoms with Crippen LogP contribution in [0.4, 0.5) is 14.9 Å². The van der Waals surface area contributed by atoms with Gasteiger partial charge in [-0.2, -0.15) is 0 Å². The smallest absolute Gasteiger partial charge is 0.321 e. The van der Waals surface area contributed by atoms with Crippen molar-refractivity contribution < 1.29 is 23.5 Å². The molecule has 0 unspecified atom stereocenters. The predicted octanol–water partition coefficient (Wildman–Crippen LogP) is 2.30. The lowest BCUT2D eigenvalue weighted by Gasteiger charge is -2.32. The average molecular weight is 414 g/mol. The third-order valence-electron chi connectivity index (χ3n) is 4.61. The number of hydrogen-bond acceptors (Lipinski definition) is 4. The van der Waals surface area contributed by atoms with Crippen LogP contribution in [0.1, 0.15) is 12.8 Å². The van der Waals surface area contributed by atoms with Crippen LogP contribution in [0.5, 0.6) is 5.75 Å². The SMILES string of the molecule is O=C(COc1ccc(F)cc1)NNC(=O)[C@@H]1CCCN(C(=O)Nc2ccccc2)C1. The molecule has 1 aliphatic heterocycles. The number of nitrogens with zero attached hydrogens (tertiary/aromatic N) is 1. The third kappa shape index (κ3) is 6.20. The van der Waals surface area contributed by atoms with Crippen LogP contribution in [-0.2, 0) is 9.59 Å². The van der Waals surface area contributed by atoms with Gasteiger partial charge in [-0.3, -0.25) is 20.4 Å². The molecule has 158 valence electrons. The van der Waals surface area contributed by atoms with E-state index in [1.54, 1.807) is 17.0 Å². The maximum Gasteiger partial charge on any atom is 0.321 e. The number of piperidine rings is 1. The number of para-hydroxylation sites is 1. The Labute approximate surface area is 173 Å². The monoisotopic (exact) mass is 414 g/mol. The maximum absolute atomic E-state index is 12.8. The molecule has 0 bridgehead atoms. The van der Waals surface area contributed by atoms with E-state index in [9.17, 15) is 18.8 Å². The van der Waals surface area contributed by atoms with Gasteiger partial charge < -0.3 is 15.0 Å². The molecule has 0 saturated carbocycles. The molecule has 2 aromatic rings. The first-order valence-electron chi connectivity index (χ1n) is 9.59. The molecule has 2 aromatic carbocycles. The number of carbonyl (C=O) groups excluding carboxylic acids is 3. The second kappa shape index (κ2) is 10.2. The summed E-state index contributed by atoms with van der Waals surface area (Å²) in [4.78, 5) is 38.2. The number of anilines is 1. The highest BCUT2D eigenvalue weighted by Crippen LogP contribution is 2.18. The fourth-order valence-corrected chi connectivity index (χ4v) is 3.05. The minimum Gasteiger partial charge on any atom is -0.484 e. The Kier molecular flexibility index (Phi) is 7.20. The van der Waals surface area contributed by atoms with E-state index in [0.717, 1.165) is 0 Å². The standard InChI is InChI=1S/C21H23FN4O4/c22-16-8-10-18(11-9-16)30-14-19(27)24-25-20(28)15-5-4-12-26(13-15)21(29)23-17-6-2-1-3-7-17/h1-3,6-11,15H,4-5,12-14H2,(H,23,29)(H,24,27)(H,25,28)/t15-/m1/s1. The molecule has 0 radical (unpaired) electrons. The van der Waals surface area contributed by atoms with Crippen molar-refractivity contribution in [1.29, 1.82) is 0 Å². The average Bonchev–Trinajstić information content (AvgIpc) is 2.78. The first-order valence-corrected chi connectivity index (χ1v) is 9.59. The molecule has 3 N–H and O–H groups in total. The number of halogens is 1. The van der Waals surface area contributed by atoms with Gasteiger partial charge in [-0.1, -0.05) is 18.2 Å². The van der Waals surface area contributed by atoms with E-state index < -0.39 is 17.6 Å². The van der Waals surface area contributed by atoms with Crippen LogP contribution in [0.2, 0.25) is 0 Å². The van der Waals surface area contributed by atoms with Gasteiger partial charge in [-0.25, -0.2) is 9.18 Å². The van der Waals surface area contributed by atoms with Crippen molar-refractivity contribution in [2.24, 2.45) is 5.92 Å². The molecule has 4 amide bonds. The molecule has 1 fully saturated rings. The van der Waals surface area contributed by atoms with Gasteiger partial charge in [0.2, 0.25) is 5.91 Å². The minimum atomic E-state index is -0.554. The molecule has 1 saturated heterocycles. The van der Waals surface area contributed by atoms with Crippen molar-refractivity contribution >= 4 is 23.5 Å². The van der Waals surface area contributed by atoms with Crippen molar-refractivity contribution in [2.75, 3.05) is 25.0 Å². The molecule has 9 heteroatoms. The second-order valence-electron chi connectivity index (χ2n) is 6.86. The number of carbonyl (C=O) groups is 3. The molecule has 1 heterocycles. The normalized spacial score (nSPS) is 15.8. The molecule has 1 atom stereocenters. The summed E-state index contributed by atoms with van der Waals surface area (Å²) in [5, 5.41) is 2.80. The van der Waals surface area contributed by atoms with Crippen molar-refractivity contribution in [3.05, 3.63) is 60.4 Å². The van der Waals surface area contributed by atoms with E-state index in [2.05, 4.69) is 16.2 Å². The van der Waals surface area contributed by atoms with Gasteiger partial charge in [0.25, 0.3) is 5.91 Å². The maximum atomic E-state index is 12.8. The quantitative estimate of drug-likeness (QED) is 0.654. The highest BCUT2D eigenvalue weighted by atomic mass is 19.1.